The van der Waals surface area contributed by atoms with Gasteiger partial charge in [-0.2, -0.15) is 10.5 Å². The minimum absolute atomic E-state index is 0.140. The van der Waals surface area contributed by atoms with E-state index in [-0.39, 0.29) is 24.7 Å². The fraction of sp³-hybridized carbons (Fsp3) is 0.200. The molecule has 0 radical (unpaired) electrons. The summed E-state index contributed by atoms with van der Waals surface area (Å²) < 4.78 is 20.4. The van der Waals surface area contributed by atoms with Crippen molar-refractivity contribution in [3.8, 4) is 23.6 Å². The SMILES string of the molecule is COCOc1ccc(/C(C#N)=C(\C#N)c2ccc(OCOC)cc2)cc1. The van der Waals surface area contributed by atoms with Crippen molar-refractivity contribution in [2.24, 2.45) is 0 Å². The van der Waals surface area contributed by atoms with E-state index < -0.39 is 0 Å². The standard InChI is InChI=1S/C20H18N2O4/c1-23-13-25-17-7-3-15(4-8-17)19(11-21)20(12-22)16-5-9-18(10-6-16)26-14-24-2/h3-10H,13-14H2,1-2H3/b20-19+. The molecule has 0 amide bonds. The highest BCUT2D eigenvalue weighted by Gasteiger charge is 2.12. The van der Waals surface area contributed by atoms with Crippen molar-refractivity contribution in [3.63, 3.8) is 0 Å². The molecule has 0 fully saturated rings. The molecule has 0 atom stereocenters. The Bertz CT molecular complexity index is 757. The first kappa shape index (κ1) is 19.0. The van der Waals surface area contributed by atoms with Crippen LogP contribution in [0.2, 0.25) is 0 Å². The summed E-state index contributed by atoms with van der Waals surface area (Å²) in [5.41, 5.74) is 1.84. The summed E-state index contributed by atoms with van der Waals surface area (Å²) >= 11 is 0. The first-order valence-electron chi connectivity index (χ1n) is 7.72. The van der Waals surface area contributed by atoms with Gasteiger partial charge >= 0.3 is 0 Å². The maximum atomic E-state index is 9.57. The monoisotopic (exact) mass is 350 g/mol. The molecule has 0 aliphatic heterocycles. The summed E-state index contributed by atoms with van der Waals surface area (Å²) in [4.78, 5) is 0. The van der Waals surface area contributed by atoms with Gasteiger partial charge in [0, 0.05) is 14.2 Å². The molecule has 0 aliphatic rings. The Hall–Kier alpha value is -3.32. The highest BCUT2D eigenvalue weighted by atomic mass is 16.7. The van der Waals surface area contributed by atoms with Crippen LogP contribution in [0.1, 0.15) is 11.1 Å². The maximum absolute atomic E-state index is 9.57. The van der Waals surface area contributed by atoms with Crippen molar-refractivity contribution in [2.45, 2.75) is 0 Å². The van der Waals surface area contributed by atoms with Crippen LogP contribution >= 0.6 is 0 Å². The van der Waals surface area contributed by atoms with E-state index in [9.17, 15) is 10.5 Å². The van der Waals surface area contributed by atoms with E-state index in [1.807, 2.05) is 0 Å². The van der Waals surface area contributed by atoms with E-state index in [0.29, 0.717) is 22.6 Å². The van der Waals surface area contributed by atoms with Gasteiger partial charge in [0.1, 0.15) is 23.6 Å². The first-order valence-corrected chi connectivity index (χ1v) is 7.72. The Morgan fingerprint density at radius 3 is 1.31 bits per heavy atom. The minimum Gasteiger partial charge on any atom is -0.468 e. The zero-order chi connectivity index (χ0) is 18.8. The lowest BCUT2D eigenvalue weighted by molar-refractivity contribution is 0.0509. The van der Waals surface area contributed by atoms with Crippen molar-refractivity contribution in [1.29, 1.82) is 10.5 Å². The van der Waals surface area contributed by atoms with Crippen molar-refractivity contribution in [3.05, 3.63) is 59.7 Å². The van der Waals surface area contributed by atoms with E-state index in [4.69, 9.17) is 18.9 Å². The predicted molar refractivity (Wildman–Crippen MR) is 95.9 cm³/mol. The molecular weight excluding hydrogens is 332 g/mol. The molecule has 0 bridgehead atoms. The zero-order valence-corrected chi connectivity index (χ0v) is 14.6. The summed E-state index contributed by atoms with van der Waals surface area (Å²) in [6.07, 6.45) is 0. The van der Waals surface area contributed by atoms with Crippen LogP contribution in [0, 0.1) is 22.7 Å². The van der Waals surface area contributed by atoms with Crippen LogP contribution in [0.5, 0.6) is 11.5 Å². The number of ether oxygens (including phenoxy) is 4. The summed E-state index contributed by atoms with van der Waals surface area (Å²) in [5.74, 6) is 1.23. The third-order valence-corrected chi connectivity index (χ3v) is 3.45. The van der Waals surface area contributed by atoms with Crippen LogP contribution in [-0.2, 0) is 9.47 Å². The molecule has 0 heterocycles. The third-order valence-electron chi connectivity index (χ3n) is 3.45. The van der Waals surface area contributed by atoms with Crippen LogP contribution in [0.3, 0.4) is 0 Å². The summed E-state index contributed by atoms with van der Waals surface area (Å²) in [7, 11) is 3.07. The molecule has 2 aromatic carbocycles. The van der Waals surface area contributed by atoms with Gasteiger partial charge in [-0.05, 0) is 59.7 Å². The first-order chi connectivity index (χ1) is 12.7. The van der Waals surface area contributed by atoms with Crippen LogP contribution in [0.25, 0.3) is 11.1 Å². The van der Waals surface area contributed by atoms with Gasteiger partial charge in [0.15, 0.2) is 13.6 Å². The normalized spacial score (nSPS) is 11.1. The largest absolute Gasteiger partial charge is 0.468 e. The van der Waals surface area contributed by atoms with Gasteiger partial charge in [0.2, 0.25) is 0 Å². The average Bonchev–Trinajstić information content (AvgIpc) is 2.70. The van der Waals surface area contributed by atoms with E-state index in [1.54, 1.807) is 48.5 Å². The smallest absolute Gasteiger partial charge is 0.188 e. The highest BCUT2D eigenvalue weighted by Crippen LogP contribution is 2.28. The lowest BCUT2D eigenvalue weighted by Crippen LogP contribution is -1.99. The van der Waals surface area contributed by atoms with Gasteiger partial charge < -0.3 is 18.9 Å². The quantitative estimate of drug-likeness (QED) is 0.411. The van der Waals surface area contributed by atoms with Crippen molar-refractivity contribution < 1.29 is 18.9 Å². The molecule has 0 aliphatic carbocycles. The topological polar surface area (TPSA) is 84.5 Å². The molecule has 2 aromatic rings. The van der Waals surface area contributed by atoms with Gasteiger partial charge in [-0.25, -0.2) is 0 Å². The summed E-state index contributed by atoms with van der Waals surface area (Å²) in [6, 6.07) is 18.1. The number of rotatable bonds is 8. The van der Waals surface area contributed by atoms with Gasteiger partial charge in [-0.1, -0.05) is 0 Å². The van der Waals surface area contributed by atoms with Crippen LogP contribution in [-0.4, -0.2) is 27.8 Å². The van der Waals surface area contributed by atoms with Gasteiger partial charge in [0.05, 0.1) is 11.1 Å². The number of nitriles is 2. The number of hydrogen-bond acceptors (Lipinski definition) is 6. The van der Waals surface area contributed by atoms with E-state index in [1.165, 1.54) is 14.2 Å². The van der Waals surface area contributed by atoms with Gasteiger partial charge in [-0.15, -0.1) is 0 Å². The number of hydrogen-bond donors (Lipinski definition) is 0. The lowest BCUT2D eigenvalue weighted by Gasteiger charge is -2.08. The van der Waals surface area contributed by atoms with Gasteiger partial charge in [-0.3, -0.25) is 0 Å². The lowest BCUT2D eigenvalue weighted by atomic mass is 9.96. The predicted octanol–water partition coefficient (Wildman–Crippen LogP) is 3.61. The van der Waals surface area contributed by atoms with Crippen molar-refractivity contribution in [2.75, 3.05) is 27.8 Å². The highest BCUT2D eigenvalue weighted by molar-refractivity contribution is 6.02. The fourth-order valence-electron chi connectivity index (χ4n) is 2.22. The second-order valence-electron chi connectivity index (χ2n) is 5.12. The Labute approximate surface area is 152 Å². The number of methoxy groups -OCH3 is 2. The molecule has 0 N–H and O–H groups in total. The minimum atomic E-state index is 0.140. The molecule has 0 spiro atoms. The number of allylic oxidation sites excluding steroid dienone is 2. The number of benzene rings is 2. The Morgan fingerprint density at radius 1 is 0.692 bits per heavy atom. The second-order valence-corrected chi connectivity index (χ2v) is 5.12. The number of nitrogens with zero attached hydrogens (tertiary/aromatic N) is 2. The van der Waals surface area contributed by atoms with E-state index >= 15 is 0 Å². The van der Waals surface area contributed by atoms with Gasteiger partial charge in [0.25, 0.3) is 0 Å². The van der Waals surface area contributed by atoms with Crippen LogP contribution < -0.4 is 9.47 Å². The fourth-order valence-corrected chi connectivity index (χ4v) is 2.22. The maximum Gasteiger partial charge on any atom is 0.188 e. The average molecular weight is 350 g/mol. The molecule has 132 valence electrons. The molecular formula is C20H18N2O4. The Kier molecular flexibility index (Phi) is 7.20. The molecule has 0 unspecified atom stereocenters. The third kappa shape index (κ3) is 4.84. The summed E-state index contributed by atoms with van der Waals surface area (Å²) in [6.45, 7) is 0.280. The molecule has 0 saturated carbocycles. The molecule has 0 saturated heterocycles. The van der Waals surface area contributed by atoms with E-state index in [2.05, 4.69) is 12.1 Å². The van der Waals surface area contributed by atoms with Crippen molar-refractivity contribution in [1.82, 2.24) is 0 Å². The molecule has 2 rings (SSSR count). The van der Waals surface area contributed by atoms with Crippen molar-refractivity contribution >= 4 is 11.1 Å². The zero-order valence-electron chi connectivity index (χ0n) is 14.6. The van der Waals surface area contributed by atoms with E-state index in [0.717, 1.165) is 0 Å². The Balaban J connectivity index is 2.32. The molecule has 26 heavy (non-hydrogen) atoms. The second kappa shape index (κ2) is 9.85. The van der Waals surface area contributed by atoms with Crippen LogP contribution in [0.15, 0.2) is 48.5 Å². The van der Waals surface area contributed by atoms with Crippen LogP contribution in [0.4, 0.5) is 0 Å². The Morgan fingerprint density at radius 2 is 1.04 bits per heavy atom. The molecule has 6 nitrogen and oxygen atoms in total. The molecule has 0 aromatic heterocycles. The molecule has 6 heteroatoms. The summed E-state index contributed by atoms with van der Waals surface area (Å²) in [5, 5.41) is 19.1.